The number of likely N-dealkylation sites (tertiary alicyclic amines) is 3. The highest BCUT2D eigenvalue weighted by molar-refractivity contribution is 5.80. The number of nitrogens with zero attached hydrogens (tertiary/aromatic N) is 4. The largest absolute Gasteiger partial charge is 0.444 e. The second-order valence-electron chi connectivity index (χ2n) is 10.3. The summed E-state index contributed by atoms with van der Waals surface area (Å²) in [4.78, 5) is 23.9. The molecule has 0 aromatic carbocycles. The lowest BCUT2D eigenvalue weighted by molar-refractivity contribution is 0.0162. The van der Waals surface area contributed by atoms with Crippen molar-refractivity contribution in [3.8, 4) is 0 Å². The lowest BCUT2D eigenvalue weighted by atomic mass is 9.95. The van der Waals surface area contributed by atoms with E-state index in [4.69, 9.17) is 4.74 Å². The van der Waals surface area contributed by atoms with Crippen molar-refractivity contribution in [3.05, 3.63) is 0 Å². The van der Waals surface area contributed by atoms with Crippen molar-refractivity contribution in [2.75, 3.05) is 59.4 Å². The van der Waals surface area contributed by atoms with E-state index in [1.165, 1.54) is 45.3 Å². The molecule has 0 saturated carbocycles. The van der Waals surface area contributed by atoms with E-state index in [1.54, 1.807) is 0 Å². The van der Waals surface area contributed by atoms with E-state index in [0.29, 0.717) is 5.92 Å². The Labute approximate surface area is 183 Å². The predicted octanol–water partition coefficient (Wildman–Crippen LogP) is 3.02. The summed E-state index contributed by atoms with van der Waals surface area (Å²) in [6.07, 6.45) is 7.13. The normalized spacial score (nSPS) is 26.3. The molecule has 0 radical (unpaired) electrons. The predicted molar refractivity (Wildman–Crippen MR) is 122 cm³/mol. The summed E-state index contributed by atoms with van der Waals surface area (Å²) in [7, 11) is 1.89. The molecule has 30 heavy (non-hydrogen) atoms. The SMILES string of the molecule is CN=C(NCCC1CCCN(C(=O)OC(C)(C)C)C1)N1CCC(CN2CCCC2)C1. The first-order valence-electron chi connectivity index (χ1n) is 12.0. The maximum Gasteiger partial charge on any atom is 0.410 e. The zero-order valence-corrected chi connectivity index (χ0v) is 19.7. The third-order valence-corrected chi connectivity index (χ3v) is 6.52. The van der Waals surface area contributed by atoms with Crippen LogP contribution in [0.3, 0.4) is 0 Å². The van der Waals surface area contributed by atoms with Crippen molar-refractivity contribution in [1.82, 2.24) is 20.0 Å². The maximum absolute atomic E-state index is 12.4. The first kappa shape index (κ1) is 23.2. The van der Waals surface area contributed by atoms with Crippen LogP contribution in [-0.4, -0.2) is 91.8 Å². The van der Waals surface area contributed by atoms with Gasteiger partial charge in [0, 0.05) is 46.3 Å². The molecule has 2 unspecified atom stereocenters. The third-order valence-electron chi connectivity index (χ3n) is 6.52. The van der Waals surface area contributed by atoms with Crippen LogP contribution in [0.5, 0.6) is 0 Å². The molecule has 0 spiro atoms. The topological polar surface area (TPSA) is 60.4 Å². The molecule has 0 bridgehead atoms. The van der Waals surface area contributed by atoms with Gasteiger partial charge in [0.15, 0.2) is 5.96 Å². The molecule has 2 atom stereocenters. The van der Waals surface area contributed by atoms with Gasteiger partial charge >= 0.3 is 6.09 Å². The molecule has 3 fully saturated rings. The highest BCUT2D eigenvalue weighted by Gasteiger charge is 2.29. The van der Waals surface area contributed by atoms with E-state index >= 15 is 0 Å². The maximum atomic E-state index is 12.4. The summed E-state index contributed by atoms with van der Waals surface area (Å²) in [5.41, 5.74) is -0.430. The Morgan fingerprint density at radius 1 is 1.00 bits per heavy atom. The molecule has 0 aromatic rings. The van der Waals surface area contributed by atoms with Crippen molar-refractivity contribution < 1.29 is 9.53 Å². The number of carbonyl (C=O) groups is 1. The number of piperidine rings is 1. The number of ether oxygens (including phenoxy) is 1. The van der Waals surface area contributed by atoms with E-state index in [1.807, 2.05) is 32.7 Å². The molecule has 3 heterocycles. The van der Waals surface area contributed by atoms with Crippen LogP contribution in [0.2, 0.25) is 0 Å². The zero-order valence-electron chi connectivity index (χ0n) is 19.7. The lowest BCUT2D eigenvalue weighted by Gasteiger charge is -2.34. The fourth-order valence-corrected chi connectivity index (χ4v) is 5.02. The molecule has 3 rings (SSSR count). The summed E-state index contributed by atoms with van der Waals surface area (Å²) < 4.78 is 5.55. The van der Waals surface area contributed by atoms with E-state index in [0.717, 1.165) is 57.4 Å². The molecule has 0 aliphatic carbocycles. The molecule has 3 saturated heterocycles. The number of hydrogen-bond acceptors (Lipinski definition) is 4. The highest BCUT2D eigenvalue weighted by atomic mass is 16.6. The summed E-state index contributed by atoms with van der Waals surface area (Å²) >= 11 is 0. The highest BCUT2D eigenvalue weighted by Crippen LogP contribution is 2.22. The van der Waals surface area contributed by atoms with E-state index in [2.05, 4.69) is 20.1 Å². The van der Waals surface area contributed by atoms with Gasteiger partial charge in [0.25, 0.3) is 0 Å². The number of hydrogen-bond donors (Lipinski definition) is 1. The Kier molecular flexibility index (Phi) is 8.26. The number of aliphatic imine (C=N–C) groups is 1. The van der Waals surface area contributed by atoms with Gasteiger partial charge in [-0.3, -0.25) is 4.99 Å². The Balaban J connectivity index is 1.37. The van der Waals surface area contributed by atoms with Gasteiger partial charge in [0.1, 0.15) is 5.60 Å². The molecule has 0 aromatic heterocycles. The van der Waals surface area contributed by atoms with Gasteiger partial charge < -0.3 is 24.8 Å². The van der Waals surface area contributed by atoms with Gasteiger partial charge in [-0.2, -0.15) is 0 Å². The Morgan fingerprint density at radius 2 is 1.73 bits per heavy atom. The molecule has 1 N–H and O–H groups in total. The first-order valence-corrected chi connectivity index (χ1v) is 12.0. The van der Waals surface area contributed by atoms with Crippen LogP contribution < -0.4 is 5.32 Å². The van der Waals surface area contributed by atoms with E-state index < -0.39 is 5.60 Å². The summed E-state index contributed by atoms with van der Waals surface area (Å²) in [6, 6.07) is 0. The van der Waals surface area contributed by atoms with E-state index in [9.17, 15) is 4.79 Å². The van der Waals surface area contributed by atoms with Gasteiger partial charge in [-0.1, -0.05) is 0 Å². The van der Waals surface area contributed by atoms with Crippen molar-refractivity contribution in [2.45, 2.75) is 64.9 Å². The minimum absolute atomic E-state index is 0.169. The number of rotatable bonds is 5. The zero-order chi connectivity index (χ0) is 21.6. The molecule has 3 aliphatic rings. The second-order valence-corrected chi connectivity index (χ2v) is 10.3. The summed E-state index contributed by atoms with van der Waals surface area (Å²) in [5, 5.41) is 3.58. The fourth-order valence-electron chi connectivity index (χ4n) is 5.02. The fraction of sp³-hybridized carbons (Fsp3) is 0.913. The van der Waals surface area contributed by atoms with Crippen molar-refractivity contribution in [2.24, 2.45) is 16.8 Å². The molecular weight excluding hydrogens is 378 g/mol. The monoisotopic (exact) mass is 421 g/mol. The minimum Gasteiger partial charge on any atom is -0.444 e. The molecule has 172 valence electrons. The van der Waals surface area contributed by atoms with Crippen LogP contribution in [-0.2, 0) is 4.74 Å². The number of nitrogens with one attached hydrogen (secondary N) is 1. The van der Waals surface area contributed by atoms with Crippen molar-refractivity contribution in [1.29, 1.82) is 0 Å². The number of amides is 1. The van der Waals surface area contributed by atoms with Crippen LogP contribution in [0.1, 0.15) is 59.3 Å². The van der Waals surface area contributed by atoms with Gasteiger partial charge in [-0.25, -0.2) is 4.79 Å². The van der Waals surface area contributed by atoms with E-state index in [-0.39, 0.29) is 6.09 Å². The van der Waals surface area contributed by atoms with Gasteiger partial charge in [0.05, 0.1) is 0 Å². The van der Waals surface area contributed by atoms with Gasteiger partial charge in [0.2, 0.25) is 0 Å². The molecule has 7 heteroatoms. The van der Waals surface area contributed by atoms with Crippen LogP contribution in [0.15, 0.2) is 4.99 Å². The Bertz CT molecular complexity index is 583. The average molecular weight is 422 g/mol. The van der Waals surface area contributed by atoms with Crippen LogP contribution in [0.4, 0.5) is 4.79 Å². The summed E-state index contributed by atoms with van der Waals surface area (Å²) in [5.74, 6) is 2.33. The average Bonchev–Trinajstić information content (AvgIpc) is 3.37. The standard InChI is InChI=1S/C23H43N5O2/c1-23(2,3)30-22(29)28-14-7-8-19(17-28)9-11-25-21(24-4)27-15-10-20(18-27)16-26-12-5-6-13-26/h19-20H,5-18H2,1-4H3,(H,24,25). The van der Waals surface area contributed by atoms with Crippen molar-refractivity contribution in [3.63, 3.8) is 0 Å². The van der Waals surface area contributed by atoms with Gasteiger partial charge in [-0.05, 0) is 84.2 Å². The molecule has 7 nitrogen and oxygen atoms in total. The first-order chi connectivity index (χ1) is 14.3. The smallest absolute Gasteiger partial charge is 0.410 e. The summed E-state index contributed by atoms with van der Waals surface area (Å²) in [6.45, 7) is 14.3. The van der Waals surface area contributed by atoms with Crippen molar-refractivity contribution >= 4 is 12.1 Å². The third kappa shape index (κ3) is 7.03. The molecular formula is C23H43N5O2. The second kappa shape index (κ2) is 10.7. The Hall–Kier alpha value is -1.50. The van der Waals surface area contributed by atoms with Gasteiger partial charge in [-0.15, -0.1) is 0 Å². The van der Waals surface area contributed by atoms with Crippen LogP contribution in [0.25, 0.3) is 0 Å². The van der Waals surface area contributed by atoms with Crippen LogP contribution in [0, 0.1) is 11.8 Å². The lowest BCUT2D eigenvalue weighted by Crippen LogP contribution is -2.44. The quantitative estimate of drug-likeness (QED) is 0.546. The van der Waals surface area contributed by atoms with Crippen LogP contribution >= 0.6 is 0 Å². The molecule has 3 aliphatic heterocycles. The molecule has 1 amide bonds. The Morgan fingerprint density at radius 3 is 2.43 bits per heavy atom. The number of guanidine groups is 1. The minimum atomic E-state index is -0.430. The number of carbonyl (C=O) groups excluding carboxylic acids is 1.